The first-order chi connectivity index (χ1) is 15.4. The maximum atomic E-state index is 14.8. The number of hydrogen-bond donors (Lipinski definition) is 0. The van der Waals surface area contributed by atoms with Crippen LogP contribution in [0.15, 0.2) is 42.5 Å². The van der Waals surface area contributed by atoms with Crippen molar-refractivity contribution in [3.63, 3.8) is 0 Å². The van der Waals surface area contributed by atoms with Crippen molar-refractivity contribution in [3.05, 3.63) is 59.4 Å². The Morgan fingerprint density at radius 2 is 1.41 bits per heavy atom. The van der Waals surface area contributed by atoms with Gasteiger partial charge >= 0.3 is 6.18 Å². The molecule has 0 bridgehead atoms. The number of alkyl halides is 3. The van der Waals surface area contributed by atoms with E-state index in [9.17, 15) is 17.6 Å². The van der Waals surface area contributed by atoms with Crippen LogP contribution >= 0.6 is 0 Å². The first-order valence-electron chi connectivity index (χ1n) is 12.4. The molecule has 1 aliphatic carbocycles. The molecule has 4 heteroatoms. The molecule has 176 valence electrons. The van der Waals surface area contributed by atoms with Gasteiger partial charge in [-0.2, -0.15) is 13.2 Å². The molecule has 0 spiro atoms. The summed E-state index contributed by atoms with van der Waals surface area (Å²) in [4.78, 5) is 0. The summed E-state index contributed by atoms with van der Waals surface area (Å²) in [5.74, 6) is 0.835. The van der Waals surface area contributed by atoms with Crippen LogP contribution in [-0.4, -0.2) is 0 Å². The third-order valence-electron chi connectivity index (χ3n) is 7.05. The summed E-state index contributed by atoms with van der Waals surface area (Å²) in [5, 5.41) is 0. The second-order valence-corrected chi connectivity index (χ2v) is 9.44. The van der Waals surface area contributed by atoms with E-state index in [2.05, 4.69) is 6.92 Å². The van der Waals surface area contributed by atoms with E-state index in [0.29, 0.717) is 17.0 Å². The zero-order valence-electron chi connectivity index (χ0n) is 19.2. The molecule has 1 aliphatic rings. The zero-order chi connectivity index (χ0) is 23.0. The summed E-state index contributed by atoms with van der Waals surface area (Å²) in [5.41, 5.74) is 1.13. The molecule has 0 heterocycles. The summed E-state index contributed by atoms with van der Waals surface area (Å²) in [6.45, 7) is 2.25. The number of benzene rings is 2. The van der Waals surface area contributed by atoms with Crippen molar-refractivity contribution >= 4 is 0 Å². The van der Waals surface area contributed by atoms with Gasteiger partial charge in [0.05, 0.1) is 5.56 Å². The fourth-order valence-corrected chi connectivity index (χ4v) is 5.03. The molecular formula is C28H36F4. The lowest BCUT2D eigenvalue weighted by Gasteiger charge is -2.29. The Bertz CT molecular complexity index is 814. The molecule has 0 N–H and O–H groups in total. The summed E-state index contributed by atoms with van der Waals surface area (Å²) in [6.07, 6.45) is 11.0. The van der Waals surface area contributed by atoms with Crippen molar-refractivity contribution in [3.8, 4) is 11.1 Å². The van der Waals surface area contributed by atoms with Crippen molar-refractivity contribution in [2.24, 2.45) is 5.92 Å². The highest BCUT2D eigenvalue weighted by Gasteiger charge is 2.30. The van der Waals surface area contributed by atoms with Gasteiger partial charge in [0.15, 0.2) is 0 Å². The Morgan fingerprint density at radius 1 is 0.781 bits per heavy atom. The fraction of sp³-hybridized carbons (Fsp3) is 0.571. The second kappa shape index (κ2) is 11.9. The Balaban J connectivity index is 1.48. The van der Waals surface area contributed by atoms with E-state index in [0.717, 1.165) is 36.5 Å². The lowest BCUT2D eigenvalue weighted by atomic mass is 9.77. The highest BCUT2D eigenvalue weighted by molar-refractivity contribution is 5.65. The molecular weight excluding hydrogens is 412 g/mol. The third kappa shape index (κ3) is 7.08. The minimum atomic E-state index is -4.38. The number of rotatable bonds is 10. The van der Waals surface area contributed by atoms with E-state index in [4.69, 9.17) is 0 Å². The van der Waals surface area contributed by atoms with E-state index >= 15 is 0 Å². The van der Waals surface area contributed by atoms with Crippen molar-refractivity contribution < 1.29 is 17.6 Å². The predicted molar refractivity (Wildman–Crippen MR) is 124 cm³/mol. The van der Waals surface area contributed by atoms with Gasteiger partial charge in [-0.1, -0.05) is 82.6 Å². The lowest BCUT2D eigenvalue weighted by molar-refractivity contribution is -0.137. The zero-order valence-corrected chi connectivity index (χ0v) is 19.2. The summed E-state index contributed by atoms with van der Waals surface area (Å²) >= 11 is 0. The van der Waals surface area contributed by atoms with Crippen LogP contribution in [-0.2, 0) is 6.18 Å². The lowest BCUT2D eigenvalue weighted by Crippen LogP contribution is -2.13. The topological polar surface area (TPSA) is 0 Å². The molecule has 1 fully saturated rings. The molecule has 0 nitrogen and oxygen atoms in total. The highest BCUT2D eigenvalue weighted by atomic mass is 19.4. The first-order valence-corrected chi connectivity index (χ1v) is 12.4. The Morgan fingerprint density at radius 3 is 2.00 bits per heavy atom. The molecule has 0 aromatic heterocycles. The smallest absolute Gasteiger partial charge is 0.206 e. The molecule has 0 atom stereocenters. The van der Waals surface area contributed by atoms with Crippen LogP contribution in [0.3, 0.4) is 0 Å². The minimum Gasteiger partial charge on any atom is -0.206 e. The van der Waals surface area contributed by atoms with Crippen LogP contribution < -0.4 is 0 Å². The van der Waals surface area contributed by atoms with Crippen LogP contribution in [0, 0.1) is 11.7 Å². The van der Waals surface area contributed by atoms with Gasteiger partial charge in [0, 0.05) is 5.56 Å². The molecule has 3 rings (SSSR count). The molecule has 2 aromatic rings. The van der Waals surface area contributed by atoms with Crippen LogP contribution in [0.2, 0.25) is 0 Å². The Kier molecular flexibility index (Phi) is 9.19. The van der Waals surface area contributed by atoms with Crippen LogP contribution in [0.25, 0.3) is 11.1 Å². The van der Waals surface area contributed by atoms with Crippen LogP contribution in [0.5, 0.6) is 0 Å². The van der Waals surface area contributed by atoms with Crippen LogP contribution in [0.1, 0.15) is 101 Å². The van der Waals surface area contributed by atoms with Gasteiger partial charge in [0.1, 0.15) is 5.82 Å². The Labute approximate surface area is 190 Å². The molecule has 2 aromatic carbocycles. The van der Waals surface area contributed by atoms with E-state index in [1.54, 1.807) is 12.1 Å². The quantitative estimate of drug-likeness (QED) is 0.250. The number of hydrogen-bond acceptors (Lipinski definition) is 0. The van der Waals surface area contributed by atoms with E-state index in [1.165, 1.54) is 76.3 Å². The fourth-order valence-electron chi connectivity index (χ4n) is 5.03. The molecule has 32 heavy (non-hydrogen) atoms. The molecule has 0 radical (unpaired) electrons. The predicted octanol–water partition coefficient (Wildman–Crippen LogP) is 9.93. The standard InChI is InChI=1S/C28H36F4/c1-2-3-4-5-6-7-8-9-21-10-12-22(13-11-21)24-16-19-26(27(29)20-24)23-14-17-25(18-15-23)28(30,31)32/h14-22H,2-13H2,1H3. The van der Waals surface area contributed by atoms with Gasteiger partial charge in [0.2, 0.25) is 0 Å². The van der Waals surface area contributed by atoms with Crippen molar-refractivity contribution in [1.82, 2.24) is 0 Å². The maximum absolute atomic E-state index is 14.8. The van der Waals surface area contributed by atoms with Crippen molar-refractivity contribution in [1.29, 1.82) is 0 Å². The summed E-state index contributed by atoms with van der Waals surface area (Å²) in [7, 11) is 0. The molecule has 1 saturated carbocycles. The molecule has 0 amide bonds. The van der Waals surface area contributed by atoms with Gasteiger partial charge < -0.3 is 0 Å². The number of unbranched alkanes of at least 4 members (excludes halogenated alkanes) is 6. The monoisotopic (exact) mass is 448 g/mol. The van der Waals surface area contributed by atoms with Gasteiger partial charge in [-0.25, -0.2) is 4.39 Å². The van der Waals surface area contributed by atoms with E-state index in [1.807, 2.05) is 6.07 Å². The molecule has 0 saturated heterocycles. The van der Waals surface area contributed by atoms with Crippen molar-refractivity contribution in [2.45, 2.75) is 96.1 Å². The van der Waals surface area contributed by atoms with Gasteiger partial charge in [-0.05, 0) is 66.8 Å². The second-order valence-electron chi connectivity index (χ2n) is 9.44. The Hall–Kier alpha value is -1.84. The summed E-state index contributed by atoms with van der Waals surface area (Å²) in [6, 6.07) is 9.97. The largest absolute Gasteiger partial charge is 0.416 e. The van der Waals surface area contributed by atoms with Gasteiger partial charge in [-0.15, -0.1) is 0 Å². The molecule has 0 unspecified atom stereocenters. The maximum Gasteiger partial charge on any atom is 0.416 e. The van der Waals surface area contributed by atoms with Crippen molar-refractivity contribution in [2.75, 3.05) is 0 Å². The molecule has 0 aliphatic heterocycles. The van der Waals surface area contributed by atoms with Crippen LogP contribution in [0.4, 0.5) is 17.6 Å². The third-order valence-corrected chi connectivity index (χ3v) is 7.05. The number of halogens is 4. The normalized spacial score (nSPS) is 19.3. The SMILES string of the molecule is CCCCCCCCCC1CCC(c2ccc(-c3ccc(C(F)(F)F)cc3)c(F)c2)CC1. The van der Waals surface area contributed by atoms with E-state index < -0.39 is 11.7 Å². The van der Waals surface area contributed by atoms with E-state index in [-0.39, 0.29) is 5.82 Å². The van der Waals surface area contributed by atoms with Gasteiger partial charge in [-0.3, -0.25) is 0 Å². The first kappa shape index (κ1) is 24.8. The van der Waals surface area contributed by atoms with Gasteiger partial charge in [0.25, 0.3) is 0 Å². The highest BCUT2D eigenvalue weighted by Crippen LogP contribution is 2.39. The average Bonchev–Trinajstić information content (AvgIpc) is 2.78. The minimum absolute atomic E-state index is 0.354. The summed E-state index contributed by atoms with van der Waals surface area (Å²) < 4.78 is 53.1. The average molecular weight is 449 g/mol.